The number of benzene rings is 1. The van der Waals surface area contributed by atoms with Gasteiger partial charge in [-0.25, -0.2) is 0 Å². The molecule has 4 rings (SSSR count). The predicted octanol–water partition coefficient (Wildman–Crippen LogP) is 3.24. The average Bonchev–Trinajstić information content (AvgIpc) is 3.13. The van der Waals surface area contributed by atoms with E-state index in [2.05, 4.69) is 21.1 Å². The molecule has 2 aromatic rings. The third-order valence-electron chi connectivity index (χ3n) is 3.95. The molecule has 5 nitrogen and oxygen atoms in total. The molecular formula is C14H13BrN2O3. The molecule has 6 heteroatoms. The fourth-order valence-electron chi connectivity index (χ4n) is 2.39. The lowest BCUT2D eigenvalue weighted by Gasteiger charge is -2.10. The van der Waals surface area contributed by atoms with Crippen molar-refractivity contribution in [1.29, 1.82) is 0 Å². The van der Waals surface area contributed by atoms with Gasteiger partial charge in [0.15, 0.2) is 11.5 Å². The SMILES string of the molecule is Nc1oncc1-c1cc2c(cc1Br)OCC1(CC1)CO2. The van der Waals surface area contributed by atoms with E-state index in [1.54, 1.807) is 6.20 Å². The Bertz CT molecular complexity index is 679. The summed E-state index contributed by atoms with van der Waals surface area (Å²) in [5.41, 5.74) is 7.63. The molecule has 1 aromatic carbocycles. The highest BCUT2D eigenvalue weighted by molar-refractivity contribution is 9.10. The van der Waals surface area contributed by atoms with Crippen LogP contribution in [0.2, 0.25) is 0 Å². The van der Waals surface area contributed by atoms with E-state index in [1.165, 1.54) is 12.8 Å². The maximum absolute atomic E-state index is 5.92. The van der Waals surface area contributed by atoms with E-state index < -0.39 is 0 Å². The Morgan fingerprint density at radius 2 is 1.80 bits per heavy atom. The number of nitrogens with zero attached hydrogens (tertiary/aromatic N) is 1. The zero-order valence-electron chi connectivity index (χ0n) is 10.7. The first-order chi connectivity index (χ1) is 9.67. The quantitative estimate of drug-likeness (QED) is 0.865. The van der Waals surface area contributed by atoms with Crippen LogP contribution in [0.15, 0.2) is 27.3 Å². The van der Waals surface area contributed by atoms with Crippen LogP contribution in [0.4, 0.5) is 5.88 Å². The molecule has 2 heterocycles. The lowest BCUT2D eigenvalue weighted by molar-refractivity contribution is 0.197. The Labute approximate surface area is 124 Å². The van der Waals surface area contributed by atoms with Crippen molar-refractivity contribution in [3.05, 3.63) is 22.8 Å². The number of nitrogens with two attached hydrogens (primary N) is 1. The first-order valence-electron chi connectivity index (χ1n) is 6.47. The first-order valence-corrected chi connectivity index (χ1v) is 7.26. The number of fused-ring (bicyclic) bond motifs is 1. The summed E-state index contributed by atoms with van der Waals surface area (Å²) in [7, 11) is 0. The summed E-state index contributed by atoms with van der Waals surface area (Å²) in [5.74, 6) is 1.80. The van der Waals surface area contributed by atoms with Gasteiger partial charge in [-0.3, -0.25) is 0 Å². The molecule has 0 unspecified atom stereocenters. The van der Waals surface area contributed by atoms with Gasteiger partial charge in [0, 0.05) is 15.5 Å². The smallest absolute Gasteiger partial charge is 0.229 e. The maximum atomic E-state index is 5.92. The second-order valence-corrected chi connectivity index (χ2v) is 6.31. The van der Waals surface area contributed by atoms with Crippen LogP contribution in [0.1, 0.15) is 12.8 Å². The van der Waals surface area contributed by atoms with E-state index in [9.17, 15) is 0 Å². The fraction of sp³-hybridized carbons (Fsp3) is 0.357. The Kier molecular flexibility index (Phi) is 2.51. The van der Waals surface area contributed by atoms with Crippen LogP contribution in [0.3, 0.4) is 0 Å². The molecule has 1 spiro atoms. The molecule has 2 aliphatic rings. The average molecular weight is 337 g/mol. The summed E-state index contributed by atoms with van der Waals surface area (Å²) in [4.78, 5) is 0. The van der Waals surface area contributed by atoms with Gasteiger partial charge in [-0.1, -0.05) is 21.1 Å². The Hall–Kier alpha value is -1.69. The molecule has 1 aliphatic heterocycles. The minimum atomic E-state index is 0.224. The summed E-state index contributed by atoms with van der Waals surface area (Å²) in [6, 6.07) is 3.84. The molecule has 2 N–H and O–H groups in total. The normalized spacial score (nSPS) is 18.9. The van der Waals surface area contributed by atoms with E-state index in [-0.39, 0.29) is 5.41 Å². The van der Waals surface area contributed by atoms with Crippen molar-refractivity contribution >= 4 is 21.8 Å². The van der Waals surface area contributed by atoms with Crippen LogP contribution in [-0.2, 0) is 0 Å². The summed E-state index contributed by atoms with van der Waals surface area (Å²) in [6.07, 6.45) is 3.95. The highest BCUT2D eigenvalue weighted by Crippen LogP contribution is 2.50. The van der Waals surface area contributed by atoms with Crippen LogP contribution in [-0.4, -0.2) is 18.4 Å². The predicted molar refractivity (Wildman–Crippen MR) is 76.7 cm³/mol. The minimum absolute atomic E-state index is 0.224. The second kappa shape index (κ2) is 4.15. The largest absolute Gasteiger partial charge is 0.489 e. The maximum Gasteiger partial charge on any atom is 0.229 e. The van der Waals surface area contributed by atoms with Crippen LogP contribution < -0.4 is 15.2 Å². The van der Waals surface area contributed by atoms with Gasteiger partial charge in [0.05, 0.1) is 25.0 Å². The molecular weight excluding hydrogens is 324 g/mol. The Morgan fingerprint density at radius 3 is 2.40 bits per heavy atom. The molecule has 0 atom stereocenters. The van der Waals surface area contributed by atoms with Crippen LogP contribution in [0, 0.1) is 5.41 Å². The van der Waals surface area contributed by atoms with Gasteiger partial charge in [0.25, 0.3) is 0 Å². The van der Waals surface area contributed by atoms with Gasteiger partial charge in [-0.05, 0) is 25.0 Å². The fourth-order valence-corrected chi connectivity index (χ4v) is 2.92. The monoisotopic (exact) mass is 336 g/mol. The zero-order valence-corrected chi connectivity index (χ0v) is 12.3. The number of hydrogen-bond acceptors (Lipinski definition) is 5. The molecule has 0 amide bonds. The third-order valence-corrected chi connectivity index (χ3v) is 4.60. The van der Waals surface area contributed by atoms with Gasteiger partial charge < -0.3 is 19.7 Å². The van der Waals surface area contributed by atoms with Crippen molar-refractivity contribution in [2.75, 3.05) is 18.9 Å². The third kappa shape index (κ3) is 1.86. The Balaban J connectivity index is 1.77. The number of hydrogen-bond donors (Lipinski definition) is 1. The molecule has 0 saturated heterocycles. The van der Waals surface area contributed by atoms with Crippen LogP contribution in [0.5, 0.6) is 11.5 Å². The standard InChI is InChI=1S/C14H13BrN2O3/c15-10-4-12-11(18-6-14(1-2-14)7-19-12)3-8(10)9-5-17-20-13(9)16/h3-5H,1-2,6-7,16H2. The van der Waals surface area contributed by atoms with Crippen molar-refractivity contribution in [3.8, 4) is 22.6 Å². The molecule has 1 saturated carbocycles. The summed E-state index contributed by atoms with van der Waals surface area (Å²) >= 11 is 3.54. The zero-order chi connectivity index (χ0) is 13.7. The number of ether oxygens (including phenoxy) is 2. The van der Waals surface area contributed by atoms with E-state index >= 15 is 0 Å². The highest BCUT2D eigenvalue weighted by atomic mass is 79.9. The van der Waals surface area contributed by atoms with Crippen LogP contribution >= 0.6 is 15.9 Å². The molecule has 1 fully saturated rings. The van der Waals surface area contributed by atoms with Gasteiger partial charge in [0.1, 0.15) is 0 Å². The van der Waals surface area contributed by atoms with E-state index in [4.69, 9.17) is 19.7 Å². The molecule has 0 bridgehead atoms. The summed E-state index contributed by atoms with van der Waals surface area (Å²) < 4.78 is 17.6. The first kappa shape index (κ1) is 12.1. The van der Waals surface area contributed by atoms with Gasteiger partial charge in [-0.15, -0.1) is 0 Å². The number of rotatable bonds is 1. The minimum Gasteiger partial charge on any atom is -0.489 e. The highest BCUT2D eigenvalue weighted by Gasteiger charge is 2.46. The van der Waals surface area contributed by atoms with Crippen molar-refractivity contribution in [1.82, 2.24) is 5.16 Å². The number of aromatic nitrogens is 1. The van der Waals surface area contributed by atoms with E-state index in [0.717, 1.165) is 33.7 Å². The van der Waals surface area contributed by atoms with Gasteiger partial charge in [0.2, 0.25) is 5.88 Å². The van der Waals surface area contributed by atoms with Crippen LogP contribution in [0.25, 0.3) is 11.1 Å². The van der Waals surface area contributed by atoms with Crippen molar-refractivity contribution < 1.29 is 14.0 Å². The number of nitrogen functional groups attached to an aromatic ring is 1. The van der Waals surface area contributed by atoms with Crippen molar-refractivity contribution in [2.45, 2.75) is 12.8 Å². The number of anilines is 1. The van der Waals surface area contributed by atoms with Gasteiger partial charge >= 0.3 is 0 Å². The van der Waals surface area contributed by atoms with E-state index in [0.29, 0.717) is 12.5 Å². The van der Waals surface area contributed by atoms with Crippen molar-refractivity contribution in [3.63, 3.8) is 0 Å². The summed E-state index contributed by atoms with van der Waals surface area (Å²) in [6.45, 7) is 1.43. The molecule has 1 aromatic heterocycles. The number of halogens is 1. The van der Waals surface area contributed by atoms with Crippen molar-refractivity contribution in [2.24, 2.45) is 5.41 Å². The van der Waals surface area contributed by atoms with Gasteiger partial charge in [-0.2, -0.15) is 0 Å². The lowest BCUT2D eigenvalue weighted by atomic mass is 10.1. The molecule has 1 aliphatic carbocycles. The second-order valence-electron chi connectivity index (χ2n) is 5.46. The molecule has 0 radical (unpaired) electrons. The topological polar surface area (TPSA) is 70.5 Å². The summed E-state index contributed by atoms with van der Waals surface area (Å²) in [5, 5.41) is 3.71. The van der Waals surface area contributed by atoms with E-state index in [1.807, 2.05) is 12.1 Å². The molecule has 20 heavy (non-hydrogen) atoms. The lowest BCUT2D eigenvalue weighted by Crippen LogP contribution is -2.17. The molecule has 104 valence electrons. The Morgan fingerprint density at radius 1 is 1.10 bits per heavy atom.